The van der Waals surface area contributed by atoms with Gasteiger partial charge < -0.3 is 14.4 Å². The van der Waals surface area contributed by atoms with E-state index in [1.807, 2.05) is 13.8 Å². The SMILES string of the molecule is Cc1onc(CCOCNS(=O)(=O)c2sccc2-c2ccc(CO)cc2)c1C. The fourth-order valence-corrected chi connectivity index (χ4v) is 4.97. The van der Waals surface area contributed by atoms with E-state index in [0.717, 1.165) is 39.5 Å². The van der Waals surface area contributed by atoms with E-state index in [1.54, 1.807) is 35.7 Å². The first-order chi connectivity index (χ1) is 13.4. The van der Waals surface area contributed by atoms with Crippen LogP contribution in [0, 0.1) is 13.8 Å². The quantitative estimate of drug-likeness (QED) is 0.406. The van der Waals surface area contributed by atoms with Crippen molar-refractivity contribution < 1.29 is 22.8 Å². The van der Waals surface area contributed by atoms with Crippen LogP contribution in [-0.4, -0.2) is 32.0 Å². The van der Waals surface area contributed by atoms with Crippen molar-refractivity contribution in [3.63, 3.8) is 0 Å². The molecule has 0 spiro atoms. The van der Waals surface area contributed by atoms with Gasteiger partial charge in [0.1, 0.15) is 16.7 Å². The number of aliphatic hydroxyl groups excluding tert-OH is 1. The first-order valence-corrected chi connectivity index (χ1v) is 11.1. The van der Waals surface area contributed by atoms with Crippen molar-refractivity contribution >= 4 is 21.4 Å². The molecule has 150 valence electrons. The number of rotatable bonds is 9. The Hall–Kier alpha value is -2.04. The van der Waals surface area contributed by atoms with Crippen molar-refractivity contribution in [1.82, 2.24) is 9.88 Å². The van der Waals surface area contributed by atoms with E-state index < -0.39 is 10.0 Å². The van der Waals surface area contributed by atoms with Gasteiger partial charge in [0.2, 0.25) is 0 Å². The van der Waals surface area contributed by atoms with E-state index in [4.69, 9.17) is 14.4 Å². The third kappa shape index (κ3) is 4.68. The Bertz CT molecular complexity index is 1020. The van der Waals surface area contributed by atoms with Crippen LogP contribution in [0.25, 0.3) is 11.1 Å². The Balaban J connectivity index is 1.59. The Kier molecular flexibility index (Phi) is 6.63. The van der Waals surface area contributed by atoms with Crippen LogP contribution in [0.4, 0.5) is 0 Å². The molecule has 1 aromatic carbocycles. The van der Waals surface area contributed by atoms with Gasteiger partial charge in [-0.3, -0.25) is 0 Å². The van der Waals surface area contributed by atoms with Crippen molar-refractivity contribution in [2.75, 3.05) is 13.3 Å². The first-order valence-electron chi connectivity index (χ1n) is 8.69. The van der Waals surface area contributed by atoms with E-state index >= 15 is 0 Å². The number of thiophene rings is 1. The van der Waals surface area contributed by atoms with Gasteiger partial charge in [0.25, 0.3) is 10.0 Å². The number of aryl methyl sites for hydroxylation is 1. The molecule has 28 heavy (non-hydrogen) atoms. The van der Waals surface area contributed by atoms with Crippen molar-refractivity contribution in [3.8, 4) is 11.1 Å². The van der Waals surface area contributed by atoms with Crippen LogP contribution in [0.5, 0.6) is 0 Å². The van der Waals surface area contributed by atoms with Crippen molar-refractivity contribution in [2.45, 2.75) is 31.1 Å². The lowest BCUT2D eigenvalue weighted by molar-refractivity contribution is 0.132. The van der Waals surface area contributed by atoms with Crippen LogP contribution >= 0.6 is 11.3 Å². The van der Waals surface area contributed by atoms with E-state index in [1.165, 1.54) is 0 Å². The normalized spacial score (nSPS) is 11.8. The lowest BCUT2D eigenvalue weighted by Crippen LogP contribution is -2.26. The summed E-state index contributed by atoms with van der Waals surface area (Å²) in [6.07, 6.45) is 0.548. The molecule has 0 bridgehead atoms. The highest BCUT2D eigenvalue weighted by Gasteiger charge is 2.21. The van der Waals surface area contributed by atoms with Gasteiger partial charge in [-0.15, -0.1) is 11.3 Å². The smallest absolute Gasteiger partial charge is 0.252 e. The van der Waals surface area contributed by atoms with E-state index in [9.17, 15) is 8.42 Å². The van der Waals surface area contributed by atoms with Crippen molar-refractivity contribution in [2.24, 2.45) is 0 Å². The molecule has 2 heterocycles. The molecule has 9 heteroatoms. The van der Waals surface area contributed by atoms with Gasteiger partial charge in [0.15, 0.2) is 0 Å². The summed E-state index contributed by atoms with van der Waals surface area (Å²) in [5.74, 6) is 0.771. The molecule has 0 amide bonds. The number of sulfonamides is 1. The summed E-state index contributed by atoms with van der Waals surface area (Å²) in [4.78, 5) is 0. The summed E-state index contributed by atoms with van der Waals surface area (Å²) in [6.45, 7) is 3.92. The van der Waals surface area contributed by atoms with Gasteiger partial charge >= 0.3 is 0 Å². The van der Waals surface area contributed by atoms with Crippen LogP contribution in [-0.2, 0) is 27.8 Å². The summed E-state index contributed by atoms with van der Waals surface area (Å²) in [7, 11) is -3.70. The van der Waals surface area contributed by atoms with E-state index in [0.29, 0.717) is 18.6 Å². The molecule has 0 radical (unpaired) electrons. The lowest BCUT2D eigenvalue weighted by atomic mass is 10.1. The molecule has 0 unspecified atom stereocenters. The van der Waals surface area contributed by atoms with Crippen LogP contribution in [0.3, 0.4) is 0 Å². The highest BCUT2D eigenvalue weighted by atomic mass is 32.2. The zero-order valence-electron chi connectivity index (χ0n) is 15.6. The summed E-state index contributed by atoms with van der Waals surface area (Å²) >= 11 is 1.15. The molecular weight excluding hydrogens is 400 g/mol. The van der Waals surface area contributed by atoms with Crippen LogP contribution in [0.1, 0.15) is 22.6 Å². The number of aromatic nitrogens is 1. The number of hydrogen-bond donors (Lipinski definition) is 2. The van der Waals surface area contributed by atoms with Crippen LogP contribution in [0.2, 0.25) is 0 Å². The molecule has 3 rings (SSSR count). The number of hydrogen-bond acceptors (Lipinski definition) is 7. The minimum Gasteiger partial charge on any atom is -0.392 e. The van der Waals surface area contributed by atoms with E-state index in [-0.39, 0.29) is 17.5 Å². The highest BCUT2D eigenvalue weighted by molar-refractivity contribution is 7.91. The minimum atomic E-state index is -3.70. The van der Waals surface area contributed by atoms with Crippen LogP contribution in [0.15, 0.2) is 44.4 Å². The fraction of sp³-hybridized carbons (Fsp3) is 0.316. The molecule has 2 N–H and O–H groups in total. The summed E-state index contributed by atoms with van der Waals surface area (Å²) in [5, 5.41) is 14.8. The Morgan fingerprint density at radius 1 is 1.21 bits per heavy atom. The van der Waals surface area contributed by atoms with E-state index in [2.05, 4.69) is 9.88 Å². The number of nitrogens with zero attached hydrogens (tertiary/aromatic N) is 1. The molecule has 3 aromatic rings. The van der Waals surface area contributed by atoms with Gasteiger partial charge in [-0.2, -0.15) is 4.72 Å². The Morgan fingerprint density at radius 3 is 2.61 bits per heavy atom. The molecule has 0 atom stereocenters. The maximum Gasteiger partial charge on any atom is 0.252 e. The molecule has 0 aliphatic heterocycles. The molecule has 7 nitrogen and oxygen atoms in total. The predicted molar refractivity (Wildman–Crippen MR) is 106 cm³/mol. The fourth-order valence-electron chi connectivity index (χ4n) is 2.63. The monoisotopic (exact) mass is 422 g/mol. The molecule has 2 aromatic heterocycles. The average molecular weight is 423 g/mol. The van der Waals surface area contributed by atoms with Crippen LogP contribution < -0.4 is 4.72 Å². The van der Waals surface area contributed by atoms with Gasteiger partial charge in [0, 0.05) is 17.5 Å². The van der Waals surface area contributed by atoms with Gasteiger partial charge in [-0.25, -0.2) is 8.42 Å². The maximum atomic E-state index is 12.7. The second-order valence-electron chi connectivity index (χ2n) is 6.24. The zero-order chi connectivity index (χ0) is 20.1. The summed E-state index contributed by atoms with van der Waals surface area (Å²) in [5.41, 5.74) is 3.96. The topological polar surface area (TPSA) is 102 Å². The number of aliphatic hydroxyl groups is 1. The molecule has 0 aliphatic carbocycles. The van der Waals surface area contributed by atoms with Gasteiger partial charge in [-0.05, 0) is 36.4 Å². The zero-order valence-corrected chi connectivity index (χ0v) is 17.3. The van der Waals surface area contributed by atoms with Crippen molar-refractivity contribution in [3.05, 3.63) is 58.3 Å². The first kappa shape index (κ1) is 20.7. The third-order valence-corrected chi connectivity index (χ3v) is 7.27. The maximum absolute atomic E-state index is 12.7. The Labute approximate surface area is 168 Å². The second kappa shape index (κ2) is 8.97. The summed E-state index contributed by atoms with van der Waals surface area (Å²) < 4.78 is 38.5. The highest BCUT2D eigenvalue weighted by Crippen LogP contribution is 2.32. The predicted octanol–water partition coefficient (Wildman–Crippen LogP) is 3.01. The standard InChI is InChI=1S/C19H22N2O5S2/c1-13-14(2)26-21-18(13)7-9-25-12-20-28(23,24)19-17(8-10-27-19)16-5-3-15(11-22)4-6-16/h3-6,8,10,20,22H,7,9,11-12H2,1-2H3. The largest absolute Gasteiger partial charge is 0.392 e. The Morgan fingerprint density at radius 2 is 1.96 bits per heavy atom. The van der Waals surface area contributed by atoms with Crippen molar-refractivity contribution in [1.29, 1.82) is 0 Å². The number of benzene rings is 1. The number of ether oxygens (including phenoxy) is 1. The number of nitrogens with one attached hydrogen (secondary N) is 1. The lowest BCUT2D eigenvalue weighted by Gasteiger charge is -2.09. The van der Waals surface area contributed by atoms with Gasteiger partial charge in [0.05, 0.1) is 18.9 Å². The third-order valence-electron chi connectivity index (χ3n) is 4.41. The minimum absolute atomic E-state index is 0.0542. The molecule has 0 saturated heterocycles. The molecule has 0 aliphatic rings. The second-order valence-corrected chi connectivity index (χ2v) is 9.12. The molecule has 0 fully saturated rings. The summed E-state index contributed by atoms with van der Waals surface area (Å²) in [6, 6.07) is 8.90. The van der Waals surface area contributed by atoms with Gasteiger partial charge in [-0.1, -0.05) is 29.4 Å². The average Bonchev–Trinajstić information content (AvgIpc) is 3.31. The molecular formula is C19H22N2O5S2. The molecule has 0 saturated carbocycles.